The topological polar surface area (TPSA) is 78.5 Å². The molecule has 0 radical (unpaired) electrons. The van der Waals surface area contributed by atoms with Gasteiger partial charge < -0.3 is 10.6 Å². The molecule has 1 saturated heterocycles. The molecule has 27 heavy (non-hydrogen) atoms. The molecule has 1 aliphatic heterocycles. The Labute approximate surface area is 158 Å². The fourth-order valence-corrected chi connectivity index (χ4v) is 2.98. The largest absolute Gasteiger partial charge is 0.336 e. The fraction of sp³-hybridized carbons (Fsp3) is 0.286. The highest BCUT2D eigenvalue weighted by Crippen LogP contribution is 2.21. The highest BCUT2D eigenvalue weighted by molar-refractivity contribution is 6.00. The second-order valence-corrected chi connectivity index (χ2v) is 6.70. The molecule has 0 bridgehead atoms. The zero-order valence-corrected chi connectivity index (χ0v) is 15.5. The summed E-state index contributed by atoms with van der Waals surface area (Å²) in [6, 6.07) is 12.6. The first-order valence-electron chi connectivity index (χ1n) is 9.00. The summed E-state index contributed by atoms with van der Waals surface area (Å²) in [7, 11) is 0. The number of urea groups is 1. The van der Waals surface area contributed by atoms with Crippen molar-refractivity contribution in [3.05, 3.63) is 59.2 Å². The molecule has 2 aromatic rings. The first-order chi connectivity index (χ1) is 12.9. The molecule has 6 heteroatoms. The quantitative estimate of drug-likeness (QED) is 0.770. The number of amides is 3. The van der Waals surface area contributed by atoms with E-state index in [4.69, 9.17) is 0 Å². The molecule has 1 heterocycles. The van der Waals surface area contributed by atoms with E-state index in [9.17, 15) is 14.4 Å². The zero-order chi connectivity index (χ0) is 19.4. The standard InChI is InChI=1S/C21H23N3O3/c1-14-6-7-16(12-15(14)2)19(25)8-9-20(26)23-17-4-3-5-18(13-17)24-11-10-22-21(24)27/h3-7,12-13H,8-11H2,1-2H3,(H,22,27)(H,23,26). The molecule has 0 spiro atoms. The predicted octanol–water partition coefficient (Wildman–Crippen LogP) is 3.43. The number of anilines is 2. The van der Waals surface area contributed by atoms with Crippen molar-refractivity contribution in [1.29, 1.82) is 0 Å². The number of rotatable bonds is 6. The van der Waals surface area contributed by atoms with Gasteiger partial charge in [0.2, 0.25) is 5.91 Å². The summed E-state index contributed by atoms with van der Waals surface area (Å²) in [6.07, 6.45) is 0.267. The third-order valence-corrected chi connectivity index (χ3v) is 4.71. The molecule has 2 aromatic carbocycles. The molecule has 2 N–H and O–H groups in total. The van der Waals surface area contributed by atoms with Crippen LogP contribution in [0.3, 0.4) is 0 Å². The van der Waals surface area contributed by atoms with E-state index in [1.807, 2.05) is 32.0 Å². The Hall–Kier alpha value is -3.15. The van der Waals surface area contributed by atoms with E-state index >= 15 is 0 Å². The fourth-order valence-electron chi connectivity index (χ4n) is 2.98. The zero-order valence-electron chi connectivity index (χ0n) is 15.5. The Morgan fingerprint density at radius 2 is 1.89 bits per heavy atom. The van der Waals surface area contributed by atoms with Gasteiger partial charge in [0.05, 0.1) is 0 Å². The van der Waals surface area contributed by atoms with Gasteiger partial charge in [0.15, 0.2) is 5.78 Å². The van der Waals surface area contributed by atoms with Gasteiger partial charge in [0.25, 0.3) is 0 Å². The van der Waals surface area contributed by atoms with E-state index in [0.717, 1.165) is 16.8 Å². The van der Waals surface area contributed by atoms with Crippen molar-refractivity contribution in [2.75, 3.05) is 23.3 Å². The Balaban J connectivity index is 1.57. The highest BCUT2D eigenvalue weighted by atomic mass is 16.2. The number of nitrogens with one attached hydrogen (secondary N) is 2. The van der Waals surface area contributed by atoms with Crippen LogP contribution in [-0.4, -0.2) is 30.8 Å². The number of ketones is 1. The van der Waals surface area contributed by atoms with Gasteiger partial charge in [-0.2, -0.15) is 0 Å². The van der Waals surface area contributed by atoms with E-state index < -0.39 is 0 Å². The minimum absolute atomic E-state index is 0.0456. The van der Waals surface area contributed by atoms with Crippen molar-refractivity contribution in [3.63, 3.8) is 0 Å². The summed E-state index contributed by atoms with van der Waals surface area (Å²) in [5.41, 5.74) is 4.17. The third kappa shape index (κ3) is 4.53. The molecule has 0 atom stereocenters. The smallest absolute Gasteiger partial charge is 0.321 e. The van der Waals surface area contributed by atoms with E-state index in [-0.39, 0.29) is 30.6 Å². The van der Waals surface area contributed by atoms with Crippen LogP contribution in [0.5, 0.6) is 0 Å². The first-order valence-corrected chi connectivity index (χ1v) is 9.00. The van der Waals surface area contributed by atoms with E-state index in [2.05, 4.69) is 10.6 Å². The van der Waals surface area contributed by atoms with Crippen LogP contribution in [0.15, 0.2) is 42.5 Å². The number of Topliss-reactive ketones (excluding diaryl/α,β-unsaturated/α-hetero) is 1. The highest BCUT2D eigenvalue weighted by Gasteiger charge is 2.21. The van der Waals surface area contributed by atoms with Gasteiger partial charge >= 0.3 is 6.03 Å². The van der Waals surface area contributed by atoms with Crippen LogP contribution in [-0.2, 0) is 4.79 Å². The second-order valence-electron chi connectivity index (χ2n) is 6.70. The van der Waals surface area contributed by atoms with Crippen LogP contribution in [0.4, 0.5) is 16.2 Å². The van der Waals surface area contributed by atoms with Crippen molar-refractivity contribution < 1.29 is 14.4 Å². The lowest BCUT2D eigenvalue weighted by molar-refractivity contribution is -0.116. The van der Waals surface area contributed by atoms with Crippen molar-refractivity contribution >= 4 is 29.1 Å². The van der Waals surface area contributed by atoms with Gasteiger partial charge in [0.1, 0.15) is 0 Å². The number of benzene rings is 2. The van der Waals surface area contributed by atoms with Crippen LogP contribution in [0.1, 0.15) is 34.3 Å². The molecule has 3 rings (SSSR count). The minimum Gasteiger partial charge on any atom is -0.336 e. The van der Waals surface area contributed by atoms with Crippen molar-refractivity contribution in [1.82, 2.24) is 5.32 Å². The van der Waals surface area contributed by atoms with Crippen LogP contribution in [0.2, 0.25) is 0 Å². The summed E-state index contributed by atoms with van der Waals surface area (Å²) < 4.78 is 0. The lowest BCUT2D eigenvalue weighted by atomic mass is 10.0. The number of nitrogens with zero attached hydrogens (tertiary/aromatic N) is 1. The molecule has 3 amide bonds. The van der Waals surface area contributed by atoms with E-state index in [0.29, 0.717) is 24.3 Å². The van der Waals surface area contributed by atoms with Gasteiger partial charge in [-0.15, -0.1) is 0 Å². The van der Waals surface area contributed by atoms with Gasteiger partial charge in [-0.3, -0.25) is 14.5 Å². The van der Waals surface area contributed by atoms with Crippen molar-refractivity contribution in [2.45, 2.75) is 26.7 Å². The molecule has 1 aliphatic rings. The molecule has 0 aliphatic carbocycles. The maximum Gasteiger partial charge on any atom is 0.321 e. The lowest BCUT2D eigenvalue weighted by Crippen LogP contribution is -2.27. The number of hydrogen-bond donors (Lipinski definition) is 2. The van der Waals surface area contributed by atoms with Crippen LogP contribution < -0.4 is 15.5 Å². The molecule has 6 nitrogen and oxygen atoms in total. The lowest BCUT2D eigenvalue weighted by Gasteiger charge is -2.15. The monoisotopic (exact) mass is 365 g/mol. The van der Waals surface area contributed by atoms with Gasteiger partial charge in [-0.1, -0.05) is 18.2 Å². The number of carbonyl (C=O) groups excluding carboxylic acids is 3. The first kappa shape index (κ1) is 18.6. The average molecular weight is 365 g/mol. The molecule has 0 saturated carbocycles. The molecule has 1 fully saturated rings. The molecular formula is C21H23N3O3. The van der Waals surface area contributed by atoms with Gasteiger partial charge in [-0.05, 0) is 49.2 Å². The Morgan fingerprint density at radius 3 is 2.59 bits per heavy atom. The van der Waals surface area contributed by atoms with Crippen LogP contribution in [0, 0.1) is 13.8 Å². The van der Waals surface area contributed by atoms with E-state index in [1.54, 1.807) is 29.2 Å². The van der Waals surface area contributed by atoms with E-state index in [1.165, 1.54) is 0 Å². The Kier molecular flexibility index (Phi) is 5.54. The normalized spacial score (nSPS) is 13.4. The number of aryl methyl sites for hydroxylation is 2. The number of carbonyl (C=O) groups is 3. The van der Waals surface area contributed by atoms with Gasteiger partial charge in [-0.25, -0.2) is 4.79 Å². The maximum absolute atomic E-state index is 12.3. The Morgan fingerprint density at radius 1 is 1.07 bits per heavy atom. The van der Waals surface area contributed by atoms with Crippen molar-refractivity contribution in [2.24, 2.45) is 0 Å². The SMILES string of the molecule is Cc1ccc(C(=O)CCC(=O)Nc2cccc(N3CCNC3=O)c2)cc1C. The molecular weight excluding hydrogens is 342 g/mol. The summed E-state index contributed by atoms with van der Waals surface area (Å²) in [5.74, 6) is -0.272. The third-order valence-electron chi connectivity index (χ3n) is 4.71. The summed E-state index contributed by atoms with van der Waals surface area (Å²) in [4.78, 5) is 37.9. The second kappa shape index (κ2) is 8.03. The van der Waals surface area contributed by atoms with Crippen LogP contribution >= 0.6 is 0 Å². The maximum atomic E-state index is 12.3. The summed E-state index contributed by atoms with van der Waals surface area (Å²) in [6.45, 7) is 5.17. The molecule has 0 unspecified atom stereocenters. The predicted molar refractivity (Wildman–Crippen MR) is 105 cm³/mol. The van der Waals surface area contributed by atoms with Gasteiger partial charge in [0, 0.05) is 42.9 Å². The van der Waals surface area contributed by atoms with Crippen LogP contribution in [0.25, 0.3) is 0 Å². The van der Waals surface area contributed by atoms with Crippen molar-refractivity contribution in [3.8, 4) is 0 Å². The average Bonchev–Trinajstić information content (AvgIpc) is 3.08. The molecule has 140 valence electrons. The number of hydrogen-bond acceptors (Lipinski definition) is 3. The minimum atomic E-state index is -0.227. The Bertz CT molecular complexity index is 892. The molecule has 0 aromatic heterocycles. The summed E-state index contributed by atoms with van der Waals surface area (Å²) in [5, 5.41) is 5.54. The summed E-state index contributed by atoms with van der Waals surface area (Å²) >= 11 is 0.